The van der Waals surface area contributed by atoms with E-state index in [1.165, 1.54) is 35.2 Å². The van der Waals surface area contributed by atoms with Gasteiger partial charge in [-0.15, -0.1) is 10.2 Å². The Kier molecular flexibility index (Phi) is 5.81. The number of fused-ring (bicyclic) bond motifs is 4. The van der Waals surface area contributed by atoms with Crippen LogP contribution < -0.4 is 10.9 Å². The molecule has 0 fully saturated rings. The fourth-order valence-corrected chi connectivity index (χ4v) is 5.23. The number of hydrogen-bond acceptors (Lipinski definition) is 7. The van der Waals surface area contributed by atoms with Gasteiger partial charge in [-0.05, 0) is 36.8 Å². The van der Waals surface area contributed by atoms with Crippen molar-refractivity contribution in [3.05, 3.63) is 58.6 Å². The number of carbonyl (C=O) groups excluding carboxylic acids is 1. The van der Waals surface area contributed by atoms with Crippen LogP contribution in [0.4, 0.5) is 9.52 Å². The molecule has 0 unspecified atom stereocenters. The van der Waals surface area contributed by atoms with E-state index in [1.807, 2.05) is 22.6 Å². The third-order valence-corrected chi connectivity index (χ3v) is 7.01. The lowest BCUT2D eigenvalue weighted by Crippen LogP contribution is -2.23. The van der Waals surface area contributed by atoms with Crippen molar-refractivity contribution in [1.82, 2.24) is 24.1 Å². The number of rotatable bonds is 7. The molecule has 5 aromatic rings. The number of nitrogens with one attached hydrogen (secondary N) is 1. The molecular weight excluding hydrogens is 463 g/mol. The number of aromatic nitrogens is 5. The van der Waals surface area contributed by atoms with Gasteiger partial charge in [-0.25, -0.2) is 9.37 Å². The molecule has 1 amide bonds. The van der Waals surface area contributed by atoms with E-state index in [0.717, 1.165) is 12.8 Å². The van der Waals surface area contributed by atoms with Gasteiger partial charge in [0.05, 0.1) is 26.9 Å². The van der Waals surface area contributed by atoms with Crippen LogP contribution in [0.3, 0.4) is 0 Å². The summed E-state index contributed by atoms with van der Waals surface area (Å²) < 4.78 is 17.5. The Morgan fingerprint density at radius 1 is 1.21 bits per heavy atom. The van der Waals surface area contributed by atoms with Crippen LogP contribution >= 0.6 is 23.1 Å². The number of aryl methyl sites for hydroxylation is 1. The molecule has 0 saturated heterocycles. The second-order valence-electron chi connectivity index (χ2n) is 7.41. The Bertz CT molecular complexity index is 1560. The van der Waals surface area contributed by atoms with E-state index in [2.05, 4.69) is 27.4 Å². The van der Waals surface area contributed by atoms with Gasteiger partial charge in [-0.2, -0.15) is 0 Å². The predicted molar refractivity (Wildman–Crippen MR) is 129 cm³/mol. The van der Waals surface area contributed by atoms with Gasteiger partial charge in [0.1, 0.15) is 5.82 Å². The summed E-state index contributed by atoms with van der Waals surface area (Å²) in [4.78, 5) is 29.9. The second-order valence-corrected chi connectivity index (χ2v) is 9.39. The first kappa shape index (κ1) is 21.5. The SMILES string of the molecule is CCCCn1c(=O)c2ccccc2n2c(SCC(=O)Nc3nc4ccc(F)cc4s3)nnc12. The fraction of sp³-hybridized carbons (Fsp3) is 0.227. The molecule has 0 radical (unpaired) electrons. The minimum Gasteiger partial charge on any atom is -0.301 e. The van der Waals surface area contributed by atoms with Gasteiger partial charge < -0.3 is 5.32 Å². The van der Waals surface area contributed by atoms with Crippen molar-refractivity contribution in [2.45, 2.75) is 31.5 Å². The number of para-hydroxylation sites is 1. The Balaban J connectivity index is 1.42. The quantitative estimate of drug-likeness (QED) is 0.347. The van der Waals surface area contributed by atoms with Gasteiger partial charge in [0.15, 0.2) is 10.3 Å². The number of benzene rings is 2. The number of amides is 1. The molecule has 2 aromatic carbocycles. The summed E-state index contributed by atoms with van der Waals surface area (Å²) in [5.74, 6) is -0.0703. The summed E-state index contributed by atoms with van der Waals surface area (Å²) >= 11 is 2.44. The summed E-state index contributed by atoms with van der Waals surface area (Å²) in [5, 5.41) is 12.8. The van der Waals surface area contributed by atoms with Gasteiger partial charge in [-0.1, -0.05) is 48.6 Å². The normalized spacial score (nSPS) is 11.6. The first-order chi connectivity index (χ1) is 16.0. The van der Waals surface area contributed by atoms with Crippen molar-refractivity contribution >= 4 is 61.0 Å². The van der Waals surface area contributed by atoms with Gasteiger partial charge in [0, 0.05) is 6.54 Å². The number of halogens is 1. The Hall–Kier alpha value is -3.31. The highest BCUT2D eigenvalue weighted by Crippen LogP contribution is 2.27. The highest BCUT2D eigenvalue weighted by molar-refractivity contribution is 7.99. The van der Waals surface area contributed by atoms with E-state index in [1.54, 1.807) is 16.7 Å². The van der Waals surface area contributed by atoms with Crippen LogP contribution in [0.5, 0.6) is 0 Å². The van der Waals surface area contributed by atoms with Gasteiger partial charge >= 0.3 is 0 Å². The van der Waals surface area contributed by atoms with Crippen molar-refractivity contribution < 1.29 is 9.18 Å². The molecule has 0 saturated carbocycles. The van der Waals surface area contributed by atoms with Gasteiger partial charge in [-0.3, -0.25) is 18.6 Å². The lowest BCUT2D eigenvalue weighted by molar-refractivity contribution is -0.113. The third-order valence-electron chi connectivity index (χ3n) is 5.14. The Labute approximate surface area is 195 Å². The number of unbranched alkanes of at least 4 members (excludes halogenated alkanes) is 1. The van der Waals surface area contributed by atoms with Crippen molar-refractivity contribution in [3.8, 4) is 0 Å². The standard InChI is InChI=1S/C22H19FN6O2S2/c1-2-3-10-28-19(31)14-6-4-5-7-16(14)29-21(28)26-27-22(29)32-12-18(30)25-20-24-15-9-8-13(23)11-17(15)33-20/h4-9,11H,2-3,10,12H2,1H3,(H,24,25,30). The summed E-state index contributed by atoms with van der Waals surface area (Å²) in [7, 11) is 0. The third kappa shape index (κ3) is 4.09. The number of anilines is 1. The Morgan fingerprint density at radius 3 is 2.91 bits per heavy atom. The molecule has 3 aromatic heterocycles. The number of thioether (sulfide) groups is 1. The molecule has 0 atom stereocenters. The van der Waals surface area contributed by atoms with E-state index in [9.17, 15) is 14.0 Å². The molecule has 0 spiro atoms. The zero-order chi connectivity index (χ0) is 22.9. The molecule has 0 aliphatic carbocycles. The summed E-state index contributed by atoms with van der Waals surface area (Å²) in [5.41, 5.74) is 1.23. The number of thiazole rings is 1. The van der Waals surface area contributed by atoms with Gasteiger partial charge in [0.2, 0.25) is 11.7 Å². The minimum atomic E-state index is -0.345. The zero-order valence-electron chi connectivity index (χ0n) is 17.6. The van der Waals surface area contributed by atoms with E-state index >= 15 is 0 Å². The molecule has 0 aliphatic heterocycles. The number of carbonyl (C=O) groups is 1. The first-order valence-electron chi connectivity index (χ1n) is 10.4. The topological polar surface area (TPSA) is 94.2 Å². The molecule has 0 aliphatic rings. The van der Waals surface area contributed by atoms with Crippen molar-refractivity contribution in [1.29, 1.82) is 0 Å². The van der Waals surface area contributed by atoms with Crippen molar-refractivity contribution in [2.75, 3.05) is 11.1 Å². The number of nitrogens with zero attached hydrogens (tertiary/aromatic N) is 5. The van der Waals surface area contributed by atoms with Crippen LogP contribution in [0.25, 0.3) is 26.9 Å². The average molecular weight is 483 g/mol. The van der Waals surface area contributed by atoms with E-state index in [-0.39, 0.29) is 23.0 Å². The van der Waals surface area contributed by atoms with Crippen LogP contribution in [0.15, 0.2) is 52.4 Å². The van der Waals surface area contributed by atoms with E-state index in [4.69, 9.17) is 0 Å². The monoisotopic (exact) mass is 482 g/mol. The molecule has 5 rings (SSSR count). The maximum atomic E-state index is 13.4. The lowest BCUT2D eigenvalue weighted by Gasteiger charge is -2.10. The maximum Gasteiger partial charge on any atom is 0.262 e. The van der Waals surface area contributed by atoms with Crippen LogP contribution in [0.2, 0.25) is 0 Å². The number of hydrogen-bond donors (Lipinski definition) is 1. The second kappa shape index (κ2) is 8.91. The molecule has 11 heteroatoms. The molecule has 3 heterocycles. The molecule has 0 bridgehead atoms. The largest absolute Gasteiger partial charge is 0.301 e. The fourth-order valence-electron chi connectivity index (χ4n) is 3.58. The van der Waals surface area contributed by atoms with Crippen LogP contribution in [-0.4, -0.2) is 35.8 Å². The molecule has 168 valence electrons. The maximum absolute atomic E-state index is 13.4. The van der Waals surface area contributed by atoms with Crippen LogP contribution in [-0.2, 0) is 11.3 Å². The molecule has 8 nitrogen and oxygen atoms in total. The molecule has 33 heavy (non-hydrogen) atoms. The van der Waals surface area contributed by atoms with Crippen molar-refractivity contribution in [2.24, 2.45) is 0 Å². The average Bonchev–Trinajstić information content (AvgIpc) is 3.41. The van der Waals surface area contributed by atoms with Gasteiger partial charge in [0.25, 0.3) is 5.56 Å². The minimum absolute atomic E-state index is 0.0769. The Morgan fingerprint density at radius 2 is 2.06 bits per heavy atom. The van der Waals surface area contributed by atoms with E-state index in [0.29, 0.717) is 43.7 Å². The first-order valence-corrected chi connectivity index (χ1v) is 12.2. The summed E-state index contributed by atoms with van der Waals surface area (Å²) in [6, 6.07) is 11.6. The van der Waals surface area contributed by atoms with Crippen LogP contribution in [0.1, 0.15) is 19.8 Å². The van der Waals surface area contributed by atoms with Crippen LogP contribution in [0, 0.1) is 5.82 Å². The summed E-state index contributed by atoms with van der Waals surface area (Å²) in [6.07, 6.45) is 1.79. The summed E-state index contributed by atoms with van der Waals surface area (Å²) in [6.45, 7) is 2.61. The predicted octanol–water partition coefficient (Wildman–Crippen LogP) is 4.32. The zero-order valence-corrected chi connectivity index (χ0v) is 19.2. The molecule has 1 N–H and O–H groups in total. The molecular formula is C22H19FN6O2S2. The van der Waals surface area contributed by atoms with Crippen molar-refractivity contribution in [3.63, 3.8) is 0 Å². The smallest absolute Gasteiger partial charge is 0.262 e. The highest BCUT2D eigenvalue weighted by atomic mass is 32.2. The van der Waals surface area contributed by atoms with E-state index < -0.39 is 0 Å². The lowest BCUT2D eigenvalue weighted by atomic mass is 10.2. The highest BCUT2D eigenvalue weighted by Gasteiger charge is 2.18.